The van der Waals surface area contributed by atoms with Gasteiger partial charge in [0.2, 0.25) is 5.91 Å². The second-order valence-corrected chi connectivity index (χ2v) is 3.90. The normalized spacial score (nSPS) is 11.9. The molecule has 1 rings (SSSR count). The van der Waals surface area contributed by atoms with E-state index in [0.29, 0.717) is 4.47 Å². The number of nitro groups is 1. The Bertz CT molecular complexity index is 437. The summed E-state index contributed by atoms with van der Waals surface area (Å²) < 4.78 is 0.398. The summed E-state index contributed by atoms with van der Waals surface area (Å²) in [6, 6.07) is -0.711. The summed E-state index contributed by atoms with van der Waals surface area (Å²) in [6.45, 7) is 1.51. The molecule has 86 valence electrons. The van der Waals surface area contributed by atoms with Crippen LogP contribution in [-0.4, -0.2) is 21.9 Å². The van der Waals surface area contributed by atoms with Crippen LogP contribution in [0, 0.1) is 10.1 Å². The molecule has 0 saturated heterocycles. The Hall–Kier alpha value is -1.70. The summed E-state index contributed by atoms with van der Waals surface area (Å²) >= 11 is 3.11. The summed E-state index contributed by atoms with van der Waals surface area (Å²) in [5.74, 6) is -0.599. The largest absolute Gasteiger partial charge is 0.368 e. The molecule has 0 spiro atoms. The van der Waals surface area contributed by atoms with Crippen molar-refractivity contribution in [2.75, 3.05) is 5.32 Å². The van der Waals surface area contributed by atoms with Crippen molar-refractivity contribution in [2.24, 2.45) is 5.73 Å². The minimum absolute atomic E-state index is 0.186. The van der Waals surface area contributed by atoms with Crippen LogP contribution in [-0.2, 0) is 4.79 Å². The highest BCUT2D eigenvalue weighted by Gasteiger charge is 2.20. The quantitative estimate of drug-likeness (QED) is 0.635. The van der Waals surface area contributed by atoms with Gasteiger partial charge in [-0.2, -0.15) is 0 Å². The molecular weight excluding hydrogens is 280 g/mol. The zero-order chi connectivity index (χ0) is 12.3. The Morgan fingerprint density at radius 3 is 2.81 bits per heavy atom. The van der Waals surface area contributed by atoms with Crippen LogP contribution in [0.5, 0.6) is 0 Å². The number of nitrogens with one attached hydrogen (secondary N) is 1. The number of aromatic nitrogens is 1. The van der Waals surface area contributed by atoms with E-state index in [1.165, 1.54) is 13.1 Å². The van der Waals surface area contributed by atoms with Gasteiger partial charge >= 0.3 is 5.69 Å². The van der Waals surface area contributed by atoms with Gasteiger partial charge in [-0.15, -0.1) is 0 Å². The molecule has 1 aromatic heterocycles. The van der Waals surface area contributed by atoms with Crippen LogP contribution >= 0.6 is 15.9 Å². The van der Waals surface area contributed by atoms with Crippen molar-refractivity contribution < 1.29 is 9.72 Å². The van der Waals surface area contributed by atoms with Crippen LogP contribution in [0.25, 0.3) is 0 Å². The van der Waals surface area contributed by atoms with Crippen molar-refractivity contribution in [3.05, 3.63) is 27.0 Å². The summed E-state index contributed by atoms with van der Waals surface area (Å²) in [6.07, 6.45) is 2.49. The van der Waals surface area contributed by atoms with Crippen LogP contribution in [0.1, 0.15) is 6.92 Å². The first-order chi connectivity index (χ1) is 7.43. The third-order valence-electron chi connectivity index (χ3n) is 1.86. The molecule has 0 saturated carbocycles. The maximum atomic E-state index is 10.9. The third kappa shape index (κ3) is 2.66. The molecule has 0 bridgehead atoms. The van der Waals surface area contributed by atoms with Gasteiger partial charge in [0.05, 0.1) is 9.40 Å². The van der Waals surface area contributed by atoms with Gasteiger partial charge in [0.15, 0.2) is 0 Å². The molecule has 1 atom stereocenters. The van der Waals surface area contributed by atoms with Crippen molar-refractivity contribution in [2.45, 2.75) is 13.0 Å². The van der Waals surface area contributed by atoms with Crippen molar-refractivity contribution in [3.8, 4) is 0 Å². The molecule has 8 heteroatoms. The van der Waals surface area contributed by atoms with Crippen molar-refractivity contribution in [3.63, 3.8) is 0 Å². The van der Waals surface area contributed by atoms with Gasteiger partial charge < -0.3 is 11.1 Å². The van der Waals surface area contributed by atoms with Gasteiger partial charge in [0, 0.05) is 6.20 Å². The fourth-order valence-corrected chi connectivity index (χ4v) is 1.43. The predicted octanol–water partition coefficient (Wildman–Crippen LogP) is 1.04. The Morgan fingerprint density at radius 1 is 1.69 bits per heavy atom. The number of anilines is 1. The number of nitrogens with zero attached hydrogens (tertiary/aromatic N) is 2. The highest BCUT2D eigenvalue weighted by Crippen LogP contribution is 2.31. The second kappa shape index (κ2) is 4.88. The number of hydrogen-bond acceptors (Lipinski definition) is 5. The zero-order valence-corrected chi connectivity index (χ0v) is 9.89. The number of halogens is 1. The monoisotopic (exact) mass is 288 g/mol. The van der Waals surface area contributed by atoms with Crippen molar-refractivity contribution in [1.29, 1.82) is 0 Å². The number of carbonyl (C=O) groups excluding carboxylic acids is 1. The summed E-state index contributed by atoms with van der Waals surface area (Å²) in [4.78, 5) is 24.7. The van der Waals surface area contributed by atoms with Gasteiger partial charge in [-0.3, -0.25) is 19.9 Å². The fraction of sp³-hybridized carbons (Fsp3) is 0.250. The number of primary amides is 1. The van der Waals surface area contributed by atoms with Gasteiger partial charge in [-0.1, -0.05) is 0 Å². The van der Waals surface area contributed by atoms with Crippen LogP contribution < -0.4 is 11.1 Å². The summed E-state index contributed by atoms with van der Waals surface area (Å²) in [5, 5.41) is 13.4. The molecule has 1 aromatic rings. The SMILES string of the molecule is CC(Nc1c(Br)cncc1[N+](=O)[O-])C(N)=O. The average Bonchev–Trinajstić information content (AvgIpc) is 2.20. The lowest BCUT2D eigenvalue weighted by molar-refractivity contribution is -0.384. The lowest BCUT2D eigenvalue weighted by Gasteiger charge is -2.12. The Labute approximate surface area is 99.3 Å². The number of hydrogen-bond donors (Lipinski definition) is 2. The van der Waals surface area contributed by atoms with E-state index in [2.05, 4.69) is 26.2 Å². The van der Waals surface area contributed by atoms with Crippen molar-refractivity contribution in [1.82, 2.24) is 4.98 Å². The molecule has 0 aliphatic rings. The lowest BCUT2D eigenvalue weighted by Crippen LogP contribution is -2.32. The van der Waals surface area contributed by atoms with E-state index < -0.39 is 16.9 Å². The zero-order valence-electron chi connectivity index (χ0n) is 8.31. The molecule has 0 radical (unpaired) electrons. The maximum absolute atomic E-state index is 10.9. The van der Waals surface area contributed by atoms with Gasteiger partial charge in [0.1, 0.15) is 17.9 Å². The fourth-order valence-electron chi connectivity index (χ4n) is 0.994. The van der Waals surface area contributed by atoms with Crippen LogP contribution in [0.2, 0.25) is 0 Å². The standard InChI is InChI=1S/C8H9BrN4O3/c1-4(8(10)14)12-7-5(9)2-11-3-6(7)13(15)16/h2-4H,1H3,(H2,10,14)(H,11,12). The number of pyridine rings is 1. The molecule has 16 heavy (non-hydrogen) atoms. The highest BCUT2D eigenvalue weighted by atomic mass is 79.9. The number of carbonyl (C=O) groups is 1. The molecule has 0 aromatic carbocycles. The molecule has 0 aliphatic carbocycles. The van der Waals surface area contributed by atoms with Crippen LogP contribution in [0.3, 0.4) is 0 Å². The van der Waals surface area contributed by atoms with Gasteiger partial charge in [0.25, 0.3) is 0 Å². The molecule has 7 nitrogen and oxygen atoms in total. The molecule has 0 fully saturated rings. The van der Waals surface area contributed by atoms with E-state index >= 15 is 0 Å². The Morgan fingerprint density at radius 2 is 2.31 bits per heavy atom. The van der Waals surface area contributed by atoms with Crippen LogP contribution in [0.4, 0.5) is 11.4 Å². The Balaban J connectivity index is 3.11. The molecule has 0 aliphatic heterocycles. The smallest absolute Gasteiger partial charge is 0.311 e. The highest BCUT2D eigenvalue weighted by molar-refractivity contribution is 9.10. The van der Waals surface area contributed by atoms with E-state index in [1.54, 1.807) is 0 Å². The maximum Gasteiger partial charge on any atom is 0.311 e. The number of rotatable bonds is 4. The molecule has 1 unspecified atom stereocenters. The van der Waals surface area contributed by atoms with E-state index in [-0.39, 0.29) is 11.4 Å². The third-order valence-corrected chi connectivity index (χ3v) is 2.47. The molecule has 1 heterocycles. The first kappa shape index (κ1) is 12.4. The van der Waals surface area contributed by atoms with E-state index in [1.807, 2.05) is 0 Å². The number of amides is 1. The van der Waals surface area contributed by atoms with Crippen molar-refractivity contribution >= 4 is 33.2 Å². The minimum atomic E-state index is -0.711. The average molecular weight is 289 g/mol. The number of nitrogens with two attached hydrogens (primary N) is 1. The van der Waals surface area contributed by atoms with Crippen LogP contribution in [0.15, 0.2) is 16.9 Å². The van der Waals surface area contributed by atoms with Gasteiger partial charge in [-0.05, 0) is 22.9 Å². The first-order valence-corrected chi connectivity index (χ1v) is 5.06. The molecule has 1 amide bonds. The van der Waals surface area contributed by atoms with E-state index in [9.17, 15) is 14.9 Å². The second-order valence-electron chi connectivity index (χ2n) is 3.04. The molecular formula is C8H9BrN4O3. The predicted molar refractivity (Wildman–Crippen MR) is 60.9 cm³/mol. The van der Waals surface area contributed by atoms with Gasteiger partial charge in [-0.25, -0.2) is 0 Å². The lowest BCUT2D eigenvalue weighted by atomic mass is 10.2. The topological polar surface area (TPSA) is 111 Å². The Kier molecular flexibility index (Phi) is 3.78. The summed E-state index contributed by atoms with van der Waals surface area (Å²) in [7, 11) is 0. The van der Waals surface area contributed by atoms with E-state index in [0.717, 1.165) is 6.20 Å². The molecule has 3 N–H and O–H groups in total. The summed E-state index contributed by atoms with van der Waals surface area (Å²) in [5.41, 5.74) is 5.02. The minimum Gasteiger partial charge on any atom is -0.368 e. The van der Waals surface area contributed by atoms with E-state index in [4.69, 9.17) is 5.73 Å². The first-order valence-electron chi connectivity index (χ1n) is 4.27.